The van der Waals surface area contributed by atoms with Crippen LogP contribution in [-0.4, -0.2) is 20.9 Å². The Kier molecular flexibility index (Phi) is 4.85. The van der Waals surface area contributed by atoms with Crippen molar-refractivity contribution in [2.75, 3.05) is 0 Å². The van der Waals surface area contributed by atoms with E-state index in [2.05, 4.69) is 5.10 Å². The van der Waals surface area contributed by atoms with Crippen LogP contribution in [0.15, 0.2) is 17.5 Å². The first kappa shape index (κ1) is 19.2. The monoisotopic (exact) mass is 402 g/mol. The van der Waals surface area contributed by atoms with Crippen LogP contribution in [0.4, 0.5) is 17.6 Å². The van der Waals surface area contributed by atoms with E-state index in [-0.39, 0.29) is 29.2 Å². The van der Waals surface area contributed by atoms with Gasteiger partial charge in [-0.1, -0.05) is 0 Å². The zero-order chi connectivity index (χ0) is 19.9. The van der Waals surface area contributed by atoms with Crippen LogP contribution in [-0.2, 0) is 31.0 Å². The second kappa shape index (κ2) is 6.84. The van der Waals surface area contributed by atoms with Crippen LogP contribution in [0.25, 0.3) is 10.1 Å². The normalized spacial score (nSPS) is 11.9. The van der Waals surface area contributed by atoms with Crippen LogP contribution < -0.4 is 4.74 Å². The largest absolute Gasteiger partial charge is 0.484 e. The van der Waals surface area contributed by atoms with Crippen LogP contribution >= 0.6 is 11.3 Å². The first-order valence-corrected chi connectivity index (χ1v) is 8.59. The minimum absolute atomic E-state index is 0.113. The van der Waals surface area contributed by atoms with Crippen LogP contribution in [0.2, 0.25) is 0 Å². The van der Waals surface area contributed by atoms with Crippen molar-refractivity contribution in [1.82, 2.24) is 9.78 Å². The lowest BCUT2D eigenvalue weighted by molar-refractivity contribution is -0.141. The average Bonchev–Trinajstić information content (AvgIpc) is 3.13. The smallest absolute Gasteiger partial charge is 0.435 e. The number of fused-ring (bicyclic) bond motifs is 1. The molecule has 27 heavy (non-hydrogen) atoms. The van der Waals surface area contributed by atoms with E-state index in [1.165, 1.54) is 13.1 Å². The number of hydrogen-bond donors (Lipinski definition) is 1. The van der Waals surface area contributed by atoms with E-state index in [0.29, 0.717) is 16.5 Å². The van der Waals surface area contributed by atoms with Gasteiger partial charge in [0.05, 0.1) is 16.8 Å². The maximum atomic E-state index is 14.7. The highest BCUT2D eigenvalue weighted by atomic mass is 32.1. The Labute approximate surface area is 154 Å². The number of carboxylic acid groups (broad SMARTS) is 1. The molecule has 0 atom stereocenters. The van der Waals surface area contributed by atoms with E-state index in [1.807, 2.05) is 0 Å². The number of benzene rings is 1. The highest BCUT2D eigenvalue weighted by Crippen LogP contribution is 2.37. The van der Waals surface area contributed by atoms with Crippen molar-refractivity contribution in [1.29, 1.82) is 0 Å². The maximum absolute atomic E-state index is 14.7. The van der Waals surface area contributed by atoms with E-state index < -0.39 is 23.7 Å². The Morgan fingerprint density at radius 1 is 1.37 bits per heavy atom. The molecule has 0 saturated carbocycles. The second-order valence-electron chi connectivity index (χ2n) is 5.97. The number of carbonyl (C=O) groups is 1. The number of thiophene rings is 1. The van der Waals surface area contributed by atoms with E-state index in [0.717, 1.165) is 22.1 Å². The fourth-order valence-electron chi connectivity index (χ4n) is 2.76. The number of aliphatic carboxylic acids is 1. The zero-order valence-corrected chi connectivity index (χ0v) is 15.0. The molecule has 0 fully saturated rings. The maximum Gasteiger partial charge on any atom is 0.435 e. The molecule has 2 aromatic heterocycles. The second-order valence-corrected chi connectivity index (χ2v) is 6.85. The lowest BCUT2D eigenvalue weighted by Gasteiger charge is -2.10. The van der Waals surface area contributed by atoms with E-state index in [1.54, 1.807) is 12.3 Å². The van der Waals surface area contributed by atoms with Gasteiger partial charge in [0.15, 0.2) is 17.3 Å². The van der Waals surface area contributed by atoms with Gasteiger partial charge >= 0.3 is 12.1 Å². The molecule has 0 aliphatic carbocycles. The fourth-order valence-corrected chi connectivity index (χ4v) is 3.84. The van der Waals surface area contributed by atoms with Gasteiger partial charge in [-0.2, -0.15) is 18.3 Å². The summed E-state index contributed by atoms with van der Waals surface area (Å²) in [6.45, 7) is 1.40. The average molecular weight is 402 g/mol. The van der Waals surface area contributed by atoms with Crippen LogP contribution in [0, 0.1) is 12.7 Å². The quantitative estimate of drug-likeness (QED) is 0.646. The molecule has 2 heterocycles. The van der Waals surface area contributed by atoms with Gasteiger partial charge in [-0.25, -0.2) is 4.39 Å². The van der Waals surface area contributed by atoms with Crippen LogP contribution in [0.5, 0.6) is 5.75 Å². The Balaban J connectivity index is 1.89. The number of nitrogens with zero attached hydrogens (tertiary/aromatic N) is 2. The summed E-state index contributed by atoms with van der Waals surface area (Å²) in [5.74, 6) is -1.81. The van der Waals surface area contributed by atoms with Crippen molar-refractivity contribution >= 4 is 27.4 Å². The number of ether oxygens (including phenoxy) is 1. The molecule has 0 spiro atoms. The van der Waals surface area contributed by atoms with Crippen molar-refractivity contribution in [3.05, 3.63) is 45.8 Å². The third-order valence-electron chi connectivity index (χ3n) is 4.01. The minimum Gasteiger partial charge on any atom is -0.484 e. The molecule has 10 heteroatoms. The number of carboxylic acids is 1. The minimum atomic E-state index is -4.58. The predicted octanol–water partition coefficient (Wildman–Crippen LogP) is 4.31. The van der Waals surface area contributed by atoms with Crippen molar-refractivity contribution < 1.29 is 32.2 Å². The van der Waals surface area contributed by atoms with Crippen molar-refractivity contribution in [3.8, 4) is 5.75 Å². The van der Waals surface area contributed by atoms with Gasteiger partial charge in [0.1, 0.15) is 6.61 Å². The lowest BCUT2D eigenvalue weighted by Crippen LogP contribution is -2.07. The van der Waals surface area contributed by atoms with Crippen LogP contribution in [0.3, 0.4) is 0 Å². The highest BCUT2D eigenvalue weighted by molar-refractivity contribution is 7.17. The molecule has 0 bridgehead atoms. The molecule has 0 aliphatic heterocycles. The molecule has 0 radical (unpaired) electrons. The van der Waals surface area contributed by atoms with Crippen LogP contribution in [0.1, 0.15) is 22.5 Å². The van der Waals surface area contributed by atoms with Gasteiger partial charge in [-0.3, -0.25) is 9.48 Å². The molecule has 1 N–H and O–H groups in total. The third-order valence-corrected chi connectivity index (χ3v) is 5.03. The SMILES string of the molecule is Cc1cc(OCc2cc(C(F)(F)F)nn2C)c(F)c2scc(CC(=O)O)c12. The van der Waals surface area contributed by atoms with E-state index in [4.69, 9.17) is 9.84 Å². The molecule has 0 amide bonds. The third kappa shape index (κ3) is 3.75. The van der Waals surface area contributed by atoms with Crippen molar-refractivity contribution in [3.63, 3.8) is 0 Å². The fraction of sp³-hybridized carbons (Fsp3) is 0.294. The molecule has 0 aliphatic rings. The number of halogens is 4. The molecule has 5 nitrogen and oxygen atoms in total. The van der Waals surface area contributed by atoms with Gasteiger partial charge in [-0.15, -0.1) is 11.3 Å². The summed E-state index contributed by atoms with van der Waals surface area (Å²) in [6.07, 6.45) is -4.80. The molecule has 0 saturated heterocycles. The number of hydrogen-bond acceptors (Lipinski definition) is 4. The van der Waals surface area contributed by atoms with Crippen molar-refractivity contribution in [2.24, 2.45) is 7.05 Å². The Bertz CT molecular complexity index is 1020. The summed E-state index contributed by atoms with van der Waals surface area (Å²) < 4.78 is 59.5. The van der Waals surface area contributed by atoms with E-state index in [9.17, 15) is 22.4 Å². The number of rotatable bonds is 5. The number of aryl methyl sites for hydroxylation is 2. The summed E-state index contributed by atoms with van der Waals surface area (Å²) >= 11 is 1.06. The highest BCUT2D eigenvalue weighted by Gasteiger charge is 2.34. The van der Waals surface area contributed by atoms with Gasteiger partial charge in [0.2, 0.25) is 0 Å². The van der Waals surface area contributed by atoms with Gasteiger partial charge in [0.25, 0.3) is 0 Å². The summed E-state index contributed by atoms with van der Waals surface area (Å²) in [7, 11) is 1.34. The number of alkyl halides is 3. The number of aromatic nitrogens is 2. The molecule has 0 unspecified atom stereocenters. The summed E-state index contributed by atoms with van der Waals surface area (Å²) in [5.41, 5.74) is 0.219. The molecule has 144 valence electrons. The molecule has 3 rings (SSSR count). The van der Waals surface area contributed by atoms with E-state index >= 15 is 0 Å². The molecular weight excluding hydrogens is 388 g/mol. The summed E-state index contributed by atoms with van der Waals surface area (Å²) in [4.78, 5) is 10.9. The zero-order valence-electron chi connectivity index (χ0n) is 14.2. The molecule has 3 aromatic rings. The molecular formula is C17H14F4N2O3S. The predicted molar refractivity (Wildman–Crippen MR) is 90.4 cm³/mol. The topological polar surface area (TPSA) is 64.4 Å². The Morgan fingerprint density at radius 2 is 2.07 bits per heavy atom. The first-order chi connectivity index (χ1) is 12.6. The lowest BCUT2D eigenvalue weighted by atomic mass is 10.0. The Hall–Kier alpha value is -2.62. The Morgan fingerprint density at radius 3 is 2.67 bits per heavy atom. The standard InChI is InChI=1S/C17H14F4N2O3S/c1-8-3-11(15(18)16-14(8)9(7-27-16)4-13(24)25)26-6-10-5-12(17(19,20)21)22-23(10)2/h3,5,7H,4,6H2,1-2H3,(H,24,25). The van der Waals surface area contributed by atoms with Crippen molar-refractivity contribution in [2.45, 2.75) is 26.1 Å². The summed E-state index contributed by atoms with van der Waals surface area (Å²) in [5, 5.41) is 14.4. The van der Waals surface area contributed by atoms with Gasteiger partial charge < -0.3 is 9.84 Å². The van der Waals surface area contributed by atoms with Gasteiger partial charge in [-0.05, 0) is 35.6 Å². The molecule has 1 aromatic carbocycles. The summed E-state index contributed by atoms with van der Waals surface area (Å²) in [6, 6.07) is 2.26. The van der Waals surface area contributed by atoms with Gasteiger partial charge in [0, 0.05) is 12.4 Å². The first-order valence-electron chi connectivity index (χ1n) is 7.71.